The quantitative estimate of drug-likeness (QED) is 0.698. The van der Waals surface area contributed by atoms with Crippen LogP contribution in [0.1, 0.15) is 46.9 Å². The van der Waals surface area contributed by atoms with Gasteiger partial charge in [-0.25, -0.2) is 0 Å². The van der Waals surface area contributed by atoms with Crippen LogP contribution in [0.3, 0.4) is 0 Å². The van der Waals surface area contributed by atoms with Crippen LogP contribution >= 0.6 is 0 Å². The predicted molar refractivity (Wildman–Crippen MR) is 73.4 cm³/mol. The molecule has 0 radical (unpaired) electrons. The Kier molecular flexibility index (Phi) is 5.59. The van der Waals surface area contributed by atoms with Gasteiger partial charge in [-0.15, -0.1) is 5.10 Å². The summed E-state index contributed by atoms with van der Waals surface area (Å²) in [4.78, 5) is 0. The fourth-order valence-corrected chi connectivity index (χ4v) is 1.28. The van der Waals surface area contributed by atoms with Crippen LogP contribution in [0.2, 0.25) is 0 Å². The number of hydrogen-bond donors (Lipinski definition) is 2. The minimum Gasteiger partial charge on any atom is -0.407 e. The second kappa shape index (κ2) is 6.73. The lowest BCUT2D eigenvalue weighted by atomic mass is 9.81. The second-order valence-electron chi connectivity index (χ2n) is 5.67. The van der Waals surface area contributed by atoms with E-state index >= 15 is 0 Å². The van der Waals surface area contributed by atoms with Crippen LogP contribution in [0.4, 0.5) is 6.01 Å². The molecule has 0 unspecified atom stereocenters. The summed E-state index contributed by atoms with van der Waals surface area (Å²) in [5, 5.41) is 14.4. The zero-order valence-electron chi connectivity index (χ0n) is 12.2. The van der Waals surface area contributed by atoms with E-state index in [1.807, 2.05) is 0 Å². The van der Waals surface area contributed by atoms with Gasteiger partial charge in [-0.2, -0.15) is 0 Å². The predicted octanol–water partition coefficient (Wildman–Crippen LogP) is 2.66. The first-order valence-corrected chi connectivity index (χ1v) is 6.72. The van der Waals surface area contributed by atoms with E-state index in [1.54, 1.807) is 0 Å². The molecule has 0 amide bonds. The van der Waals surface area contributed by atoms with Crippen LogP contribution in [0, 0.1) is 11.3 Å². The largest absolute Gasteiger partial charge is 0.407 e. The smallest absolute Gasteiger partial charge is 0.315 e. The van der Waals surface area contributed by atoms with E-state index in [9.17, 15) is 0 Å². The van der Waals surface area contributed by atoms with Crippen LogP contribution in [0.15, 0.2) is 4.42 Å². The van der Waals surface area contributed by atoms with Gasteiger partial charge in [0.1, 0.15) is 0 Å². The van der Waals surface area contributed by atoms with E-state index in [-0.39, 0.29) is 5.41 Å². The fourth-order valence-electron chi connectivity index (χ4n) is 1.28. The molecule has 5 heteroatoms. The van der Waals surface area contributed by atoms with Crippen molar-refractivity contribution in [1.82, 2.24) is 15.5 Å². The molecule has 1 aromatic rings. The van der Waals surface area contributed by atoms with Gasteiger partial charge in [0.05, 0.1) is 6.54 Å². The summed E-state index contributed by atoms with van der Waals surface area (Å²) in [6.45, 7) is 13.4. The lowest BCUT2D eigenvalue weighted by Gasteiger charge is -2.28. The lowest BCUT2D eigenvalue weighted by molar-refractivity contribution is 0.267. The summed E-state index contributed by atoms with van der Waals surface area (Å²) in [5.41, 5.74) is 0.203. The molecule has 1 heterocycles. The average molecular weight is 254 g/mol. The Hall–Kier alpha value is -1.10. The van der Waals surface area contributed by atoms with Crippen LogP contribution in [-0.2, 0) is 6.54 Å². The Morgan fingerprint density at radius 1 is 1.28 bits per heavy atom. The van der Waals surface area contributed by atoms with Gasteiger partial charge in [0.15, 0.2) is 0 Å². The van der Waals surface area contributed by atoms with Crippen LogP contribution in [-0.4, -0.2) is 23.3 Å². The van der Waals surface area contributed by atoms with Gasteiger partial charge in [-0.3, -0.25) is 0 Å². The fraction of sp³-hybridized carbons (Fsp3) is 0.846. The molecule has 5 nitrogen and oxygen atoms in total. The van der Waals surface area contributed by atoms with Crippen molar-refractivity contribution in [3.8, 4) is 0 Å². The van der Waals surface area contributed by atoms with Crippen molar-refractivity contribution in [3.63, 3.8) is 0 Å². The third-order valence-electron chi connectivity index (χ3n) is 3.43. The topological polar surface area (TPSA) is 63.0 Å². The number of anilines is 1. The number of hydrogen-bond acceptors (Lipinski definition) is 5. The third kappa shape index (κ3) is 4.64. The number of aromatic nitrogens is 2. The SMILES string of the molecule is CCCNCc1nnc(NCC(C)(C)C(C)C)o1. The molecule has 2 N–H and O–H groups in total. The molecule has 0 aromatic carbocycles. The van der Waals surface area contributed by atoms with Crippen LogP contribution in [0.25, 0.3) is 0 Å². The third-order valence-corrected chi connectivity index (χ3v) is 3.43. The van der Waals surface area contributed by atoms with Gasteiger partial charge in [0.2, 0.25) is 5.89 Å². The second-order valence-corrected chi connectivity index (χ2v) is 5.67. The molecule has 18 heavy (non-hydrogen) atoms. The molecule has 0 spiro atoms. The average Bonchev–Trinajstić information content (AvgIpc) is 2.75. The van der Waals surface area contributed by atoms with Crippen LogP contribution < -0.4 is 10.6 Å². The molecule has 0 aliphatic carbocycles. The van der Waals surface area contributed by atoms with Crippen molar-refractivity contribution in [1.29, 1.82) is 0 Å². The summed E-state index contributed by atoms with van der Waals surface area (Å²) in [6, 6.07) is 0.511. The van der Waals surface area contributed by atoms with E-state index in [0.29, 0.717) is 24.4 Å². The monoisotopic (exact) mass is 254 g/mol. The Balaban J connectivity index is 2.39. The molecule has 0 saturated heterocycles. The summed E-state index contributed by atoms with van der Waals surface area (Å²) in [7, 11) is 0. The summed E-state index contributed by atoms with van der Waals surface area (Å²) < 4.78 is 5.51. The molecule has 104 valence electrons. The number of nitrogens with one attached hydrogen (secondary N) is 2. The van der Waals surface area contributed by atoms with Gasteiger partial charge < -0.3 is 15.1 Å². The summed E-state index contributed by atoms with van der Waals surface area (Å²) in [6.07, 6.45) is 1.10. The Bertz CT molecular complexity index is 347. The Morgan fingerprint density at radius 2 is 2.00 bits per heavy atom. The molecule has 0 bridgehead atoms. The maximum atomic E-state index is 5.51. The molecule has 1 aromatic heterocycles. The highest BCUT2D eigenvalue weighted by Crippen LogP contribution is 2.26. The van der Waals surface area contributed by atoms with Crippen molar-refractivity contribution in [2.45, 2.75) is 47.6 Å². The van der Waals surface area contributed by atoms with Crippen molar-refractivity contribution in [2.75, 3.05) is 18.4 Å². The van der Waals surface area contributed by atoms with Crippen molar-refractivity contribution in [2.24, 2.45) is 11.3 Å². The first-order chi connectivity index (χ1) is 8.45. The summed E-state index contributed by atoms with van der Waals surface area (Å²) in [5.74, 6) is 1.23. The van der Waals surface area contributed by atoms with Gasteiger partial charge in [-0.05, 0) is 24.3 Å². The maximum absolute atomic E-state index is 5.51. The molecule has 0 fully saturated rings. The molecular weight excluding hydrogens is 228 g/mol. The van der Waals surface area contributed by atoms with E-state index in [2.05, 4.69) is 55.4 Å². The zero-order chi connectivity index (χ0) is 13.6. The number of rotatable bonds is 8. The highest BCUT2D eigenvalue weighted by Gasteiger charge is 2.22. The van der Waals surface area contributed by atoms with Crippen molar-refractivity contribution < 1.29 is 4.42 Å². The molecular formula is C13H26N4O. The van der Waals surface area contributed by atoms with Gasteiger partial charge in [0, 0.05) is 6.54 Å². The molecule has 0 aliphatic rings. The van der Waals surface area contributed by atoms with Crippen LogP contribution in [0.5, 0.6) is 0 Å². The minimum atomic E-state index is 0.203. The standard InChI is InChI=1S/C13H26N4O/c1-6-7-14-8-11-16-17-12(18-11)15-9-13(4,5)10(2)3/h10,14H,6-9H2,1-5H3,(H,15,17). The Morgan fingerprint density at radius 3 is 2.61 bits per heavy atom. The first-order valence-electron chi connectivity index (χ1n) is 6.72. The van der Waals surface area contributed by atoms with Crippen molar-refractivity contribution >= 4 is 6.01 Å². The van der Waals surface area contributed by atoms with Gasteiger partial charge in [0.25, 0.3) is 0 Å². The minimum absolute atomic E-state index is 0.203. The van der Waals surface area contributed by atoms with Crippen molar-refractivity contribution in [3.05, 3.63) is 5.89 Å². The zero-order valence-corrected chi connectivity index (χ0v) is 12.2. The molecule has 0 aliphatic heterocycles. The maximum Gasteiger partial charge on any atom is 0.315 e. The van der Waals surface area contributed by atoms with E-state index in [4.69, 9.17) is 4.42 Å². The first kappa shape index (κ1) is 15.0. The molecule has 0 saturated carbocycles. The van der Waals surface area contributed by atoms with E-state index < -0.39 is 0 Å². The normalized spacial score (nSPS) is 12.1. The Labute approximate surface area is 110 Å². The molecule has 0 atom stereocenters. The lowest BCUT2D eigenvalue weighted by Crippen LogP contribution is -2.28. The summed E-state index contributed by atoms with van der Waals surface area (Å²) >= 11 is 0. The van der Waals surface area contributed by atoms with Gasteiger partial charge >= 0.3 is 6.01 Å². The van der Waals surface area contributed by atoms with E-state index in [0.717, 1.165) is 19.5 Å². The highest BCUT2D eigenvalue weighted by atomic mass is 16.4. The highest BCUT2D eigenvalue weighted by molar-refractivity contribution is 5.17. The number of nitrogens with zero attached hydrogens (tertiary/aromatic N) is 2. The van der Waals surface area contributed by atoms with Gasteiger partial charge in [-0.1, -0.05) is 39.7 Å². The van der Waals surface area contributed by atoms with E-state index in [1.165, 1.54) is 0 Å². The molecule has 1 rings (SSSR count).